The van der Waals surface area contributed by atoms with Gasteiger partial charge in [-0.2, -0.15) is 0 Å². The highest BCUT2D eigenvalue weighted by molar-refractivity contribution is 5.92. The highest BCUT2D eigenvalue weighted by Gasteiger charge is 2.46. The van der Waals surface area contributed by atoms with Gasteiger partial charge in [0.15, 0.2) is 0 Å². The molecule has 0 amide bonds. The van der Waals surface area contributed by atoms with Crippen molar-refractivity contribution in [1.82, 2.24) is 21.3 Å². The van der Waals surface area contributed by atoms with Crippen LogP contribution >= 0.6 is 0 Å². The molecule has 0 aliphatic carbocycles. The van der Waals surface area contributed by atoms with Gasteiger partial charge in [0.25, 0.3) is 0 Å². The maximum Gasteiger partial charge on any atom is 0.310 e. The molecule has 4 fully saturated rings. The van der Waals surface area contributed by atoms with Gasteiger partial charge >= 0.3 is 11.9 Å². The summed E-state index contributed by atoms with van der Waals surface area (Å²) in [6, 6.07) is 0. The molecule has 0 spiro atoms. The van der Waals surface area contributed by atoms with E-state index in [0.717, 1.165) is 104 Å². The van der Waals surface area contributed by atoms with Gasteiger partial charge in [0.1, 0.15) is 22.8 Å². The standard InChI is InChI=1S/C42H74N4O6/c1-39(2,29-9-17-43-18-10-29)27-33(47)25-35(37(49)51-41(5,6)31-13-21-45-22-14-31)36(38(50)52-42(7,8)32-15-23-46-24-16-32)26-34(48)28-40(3,4)30-11-19-44-20-12-30/h29-32,35-36,43-46H,9-28H2,1-8H3. The third kappa shape index (κ3) is 12.1. The van der Waals surface area contributed by atoms with Gasteiger partial charge in [-0.25, -0.2) is 0 Å². The monoisotopic (exact) mass is 731 g/mol. The minimum atomic E-state index is -1.11. The van der Waals surface area contributed by atoms with Crippen LogP contribution in [0.25, 0.3) is 0 Å². The molecule has 4 heterocycles. The van der Waals surface area contributed by atoms with Crippen molar-refractivity contribution >= 4 is 23.5 Å². The highest BCUT2D eigenvalue weighted by Crippen LogP contribution is 2.41. The van der Waals surface area contributed by atoms with Gasteiger partial charge in [-0.3, -0.25) is 19.2 Å². The zero-order valence-corrected chi connectivity index (χ0v) is 34.1. The van der Waals surface area contributed by atoms with E-state index in [9.17, 15) is 19.2 Å². The maximum atomic E-state index is 14.6. The minimum Gasteiger partial charge on any atom is -0.459 e. The fourth-order valence-corrected chi connectivity index (χ4v) is 9.80. The molecule has 0 aromatic heterocycles. The molecule has 4 aliphatic rings. The van der Waals surface area contributed by atoms with E-state index in [0.29, 0.717) is 24.7 Å². The molecule has 4 aliphatic heterocycles. The van der Waals surface area contributed by atoms with Crippen LogP contribution in [0.15, 0.2) is 0 Å². The zero-order chi connectivity index (χ0) is 38.2. The number of hydrogen-bond acceptors (Lipinski definition) is 10. The summed E-state index contributed by atoms with van der Waals surface area (Å²) < 4.78 is 12.8. The van der Waals surface area contributed by atoms with Crippen LogP contribution in [0.3, 0.4) is 0 Å². The van der Waals surface area contributed by atoms with Crippen LogP contribution in [0.1, 0.15) is 132 Å². The van der Waals surface area contributed by atoms with E-state index in [4.69, 9.17) is 9.47 Å². The van der Waals surface area contributed by atoms with E-state index in [-0.39, 0.29) is 47.1 Å². The first-order chi connectivity index (χ1) is 24.4. The second kappa shape index (κ2) is 18.6. The first-order valence-corrected chi connectivity index (χ1v) is 20.7. The number of ether oxygens (including phenoxy) is 2. The lowest BCUT2D eigenvalue weighted by Crippen LogP contribution is -2.47. The number of nitrogens with one attached hydrogen (secondary N) is 4. The molecule has 0 bridgehead atoms. The van der Waals surface area contributed by atoms with Gasteiger partial charge in [-0.1, -0.05) is 27.7 Å². The van der Waals surface area contributed by atoms with Crippen LogP contribution < -0.4 is 21.3 Å². The average Bonchev–Trinajstić information content (AvgIpc) is 3.10. The van der Waals surface area contributed by atoms with Crippen LogP contribution in [-0.2, 0) is 28.7 Å². The normalized spacial score (nSPS) is 22.4. The molecule has 4 N–H and O–H groups in total. The van der Waals surface area contributed by atoms with Crippen molar-refractivity contribution in [3.8, 4) is 0 Å². The van der Waals surface area contributed by atoms with E-state index < -0.39 is 35.0 Å². The molecule has 4 saturated heterocycles. The molecule has 0 aromatic carbocycles. The van der Waals surface area contributed by atoms with Gasteiger partial charge in [0, 0.05) is 37.5 Å². The SMILES string of the molecule is CC(C)(CC(=O)CC(C(=O)OC(C)(C)C1CCNCC1)C(CC(=O)CC(C)(C)C1CCNCC1)C(=O)OC(C)(C)C1CCNCC1)C1CCNCC1. The summed E-state index contributed by atoms with van der Waals surface area (Å²) >= 11 is 0. The molecule has 4 rings (SSSR count). The van der Waals surface area contributed by atoms with E-state index >= 15 is 0 Å². The number of carbonyl (C=O) groups is 4. The topological polar surface area (TPSA) is 135 Å². The molecule has 2 unspecified atom stereocenters. The Bertz CT molecular complexity index is 1100. The summed E-state index contributed by atoms with van der Waals surface area (Å²) in [7, 11) is 0. The number of ketones is 2. The Morgan fingerprint density at radius 3 is 0.981 bits per heavy atom. The van der Waals surface area contributed by atoms with Crippen molar-refractivity contribution in [2.75, 3.05) is 52.4 Å². The molecule has 10 nitrogen and oxygen atoms in total. The summed E-state index contributed by atoms with van der Waals surface area (Å²) in [5.74, 6) is -2.44. The van der Waals surface area contributed by atoms with Crippen molar-refractivity contribution in [3.05, 3.63) is 0 Å². The van der Waals surface area contributed by atoms with Crippen molar-refractivity contribution in [2.24, 2.45) is 46.3 Å². The van der Waals surface area contributed by atoms with E-state index in [1.807, 2.05) is 27.7 Å². The Hall–Kier alpha value is -1.88. The number of piperidine rings is 4. The van der Waals surface area contributed by atoms with Crippen LogP contribution in [0.4, 0.5) is 0 Å². The van der Waals surface area contributed by atoms with Crippen LogP contribution in [0.2, 0.25) is 0 Å². The number of Topliss-reactive ketones (excluding diaryl/α,β-unsaturated/α-hetero) is 2. The smallest absolute Gasteiger partial charge is 0.310 e. The molecule has 52 heavy (non-hydrogen) atoms. The predicted octanol–water partition coefficient (Wildman–Crippen LogP) is 5.61. The number of carbonyl (C=O) groups excluding carboxylic acids is 4. The Morgan fingerprint density at radius 1 is 0.462 bits per heavy atom. The summed E-state index contributed by atoms with van der Waals surface area (Å²) in [4.78, 5) is 57.6. The summed E-state index contributed by atoms with van der Waals surface area (Å²) in [6.07, 6.45) is 7.79. The van der Waals surface area contributed by atoms with Gasteiger partial charge in [0.05, 0.1) is 11.8 Å². The Balaban J connectivity index is 1.64. The highest BCUT2D eigenvalue weighted by atomic mass is 16.6. The molecule has 0 aromatic rings. The molecule has 298 valence electrons. The number of hydrogen-bond donors (Lipinski definition) is 4. The summed E-state index contributed by atoms with van der Waals surface area (Å²) in [5.41, 5.74) is -2.11. The second-order valence-electron chi connectivity index (χ2n) is 19.2. The Labute approximate surface area is 315 Å². The third-order valence-electron chi connectivity index (χ3n) is 13.6. The molecule has 2 atom stereocenters. The van der Waals surface area contributed by atoms with Crippen LogP contribution in [0.5, 0.6) is 0 Å². The third-order valence-corrected chi connectivity index (χ3v) is 13.6. The fourth-order valence-electron chi connectivity index (χ4n) is 9.80. The Kier molecular flexibility index (Phi) is 15.4. The lowest BCUT2D eigenvalue weighted by atomic mass is 9.69. The second-order valence-corrected chi connectivity index (χ2v) is 19.2. The average molecular weight is 731 g/mol. The predicted molar refractivity (Wildman–Crippen MR) is 206 cm³/mol. The van der Waals surface area contributed by atoms with Crippen LogP contribution in [-0.4, -0.2) is 87.1 Å². The molecular formula is C42H74N4O6. The van der Waals surface area contributed by atoms with Gasteiger partial charge < -0.3 is 30.7 Å². The molecule has 0 radical (unpaired) electrons. The van der Waals surface area contributed by atoms with Crippen molar-refractivity contribution in [2.45, 2.75) is 144 Å². The number of esters is 2. The van der Waals surface area contributed by atoms with E-state index in [2.05, 4.69) is 49.0 Å². The van der Waals surface area contributed by atoms with E-state index in [1.54, 1.807) is 0 Å². The largest absolute Gasteiger partial charge is 0.459 e. The van der Waals surface area contributed by atoms with E-state index in [1.165, 1.54) is 0 Å². The molecule has 0 saturated carbocycles. The first kappa shape index (κ1) is 42.9. The summed E-state index contributed by atoms with van der Waals surface area (Å²) in [5, 5.41) is 13.6. The lowest BCUT2D eigenvalue weighted by molar-refractivity contribution is -0.182. The molecular weight excluding hydrogens is 656 g/mol. The molecule has 10 heteroatoms. The first-order valence-electron chi connectivity index (χ1n) is 20.7. The fraction of sp³-hybridized carbons (Fsp3) is 0.905. The Morgan fingerprint density at radius 2 is 0.712 bits per heavy atom. The summed E-state index contributed by atoms with van der Waals surface area (Å²) in [6.45, 7) is 23.5. The quantitative estimate of drug-likeness (QED) is 0.140. The van der Waals surface area contributed by atoms with Crippen LogP contribution in [0, 0.1) is 46.3 Å². The van der Waals surface area contributed by atoms with Gasteiger partial charge in [0.2, 0.25) is 0 Å². The van der Waals surface area contributed by atoms with Gasteiger partial charge in [-0.15, -0.1) is 0 Å². The lowest BCUT2D eigenvalue weighted by Gasteiger charge is -2.40. The number of rotatable bonds is 17. The van der Waals surface area contributed by atoms with Crippen molar-refractivity contribution in [3.63, 3.8) is 0 Å². The zero-order valence-electron chi connectivity index (χ0n) is 34.1. The van der Waals surface area contributed by atoms with Crippen molar-refractivity contribution in [1.29, 1.82) is 0 Å². The van der Waals surface area contributed by atoms with Gasteiger partial charge in [-0.05, 0) is 154 Å². The van der Waals surface area contributed by atoms with Crippen molar-refractivity contribution < 1.29 is 28.7 Å². The minimum absolute atomic E-state index is 0.0666. The maximum absolute atomic E-state index is 14.6.